The van der Waals surface area contributed by atoms with E-state index in [1.165, 1.54) is 25.7 Å². The molecule has 0 radical (unpaired) electrons. The molecule has 0 spiro atoms. The van der Waals surface area contributed by atoms with Crippen molar-refractivity contribution in [2.75, 3.05) is 33.3 Å². The zero-order valence-corrected chi connectivity index (χ0v) is 13.9. The molecule has 1 aliphatic heterocycles. The molecule has 1 saturated heterocycles. The van der Waals surface area contributed by atoms with Gasteiger partial charge in [0.15, 0.2) is 0 Å². The third kappa shape index (κ3) is 3.95. The highest BCUT2D eigenvalue weighted by molar-refractivity contribution is 5.80. The fourth-order valence-electron chi connectivity index (χ4n) is 3.13. The third-order valence-corrected chi connectivity index (χ3v) is 5.23. The number of nitrogens with zero attached hydrogens (tertiary/aromatic N) is 1. The van der Waals surface area contributed by atoms with E-state index in [0.717, 1.165) is 19.6 Å². The lowest BCUT2D eigenvalue weighted by Gasteiger charge is -2.43. The van der Waals surface area contributed by atoms with Crippen LogP contribution in [0, 0.1) is 5.41 Å². The molecule has 4 heteroatoms. The van der Waals surface area contributed by atoms with Gasteiger partial charge in [0, 0.05) is 6.54 Å². The predicted molar refractivity (Wildman–Crippen MR) is 82.8 cm³/mol. The number of hydrogen-bond acceptors (Lipinski definition) is 4. The summed E-state index contributed by atoms with van der Waals surface area (Å²) in [6.45, 7) is 11.7. The van der Waals surface area contributed by atoms with E-state index >= 15 is 0 Å². The Labute approximate surface area is 124 Å². The van der Waals surface area contributed by atoms with Gasteiger partial charge < -0.3 is 15.0 Å². The van der Waals surface area contributed by atoms with Crippen molar-refractivity contribution in [3.05, 3.63) is 0 Å². The number of carbonyl (C=O) groups excluding carboxylic acids is 1. The number of likely N-dealkylation sites (N-methyl/N-ethyl adjacent to an activating group) is 1. The van der Waals surface area contributed by atoms with Crippen LogP contribution in [-0.4, -0.2) is 49.7 Å². The first-order chi connectivity index (χ1) is 9.45. The lowest BCUT2D eigenvalue weighted by Crippen LogP contribution is -2.57. The highest BCUT2D eigenvalue weighted by Crippen LogP contribution is 2.38. The second-order valence-electron chi connectivity index (χ2n) is 6.29. The highest BCUT2D eigenvalue weighted by atomic mass is 16.5. The normalized spacial score (nSPS) is 22.2. The Balaban J connectivity index is 2.59. The summed E-state index contributed by atoms with van der Waals surface area (Å²) in [6.07, 6.45) is 5.00. The van der Waals surface area contributed by atoms with Crippen LogP contribution in [0.2, 0.25) is 0 Å². The summed E-state index contributed by atoms with van der Waals surface area (Å²) in [5, 5.41) is 3.14. The Morgan fingerprint density at radius 1 is 1.25 bits per heavy atom. The Hall–Kier alpha value is -0.610. The van der Waals surface area contributed by atoms with Crippen LogP contribution in [0.15, 0.2) is 0 Å². The SMILES string of the molecule is CCOC(=O)C(C)(CN1CCC(CC)(CC)CC1)NC. The number of carbonyl (C=O) groups is 1. The van der Waals surface area contributed by atoms with Gasteiger partial charge in [-0.25, -0.2) is 0 Å². The number of rotatable bonds is 7. The second-order valence-corrected chi connectivity index (χ2v) is 6.29. The van der Waals surface area contributed by atoms with Crippen LogP contribution in [0.3, 0.4) is 0 Å². The monoisotopic (exact) mass is 284 g/mol. The lowest BCUT2D eigenvalue weighted by molar-refractivity contribution is -0.151. The van der Waals surface area contributed by atoms with E-state index in [2.05, 4.69) is 24.1 Å². The van der Waals surface area contributed by atoms with Gasteiger partial charge in [-0.3, -0.25) is 4.79 Å². The van der Waals surface area contributed by atoms with Gasteiger partial charge >= 0.3 is 5.97 Å². The first-order valence-corrected chi connectivity index (χ1v) is 8.03. The molecule has 1 N–H and O–H groups in total. The van der Waals surface area contributed by atoms with Gasteiger partial charge in [0.1, 0.15) is 5.54 Å². The molecule has 0 aromatic rings. The van der Waals surface area contributed by atoms with Crippen molar-refractivity contribution in [2.24, 2.45) is 5.41 Å². The Bertz CT molecular complexity index is 306. The van der Waals surface area contributed by atoms with Crippen molar-refractivity contribution >= 4 is 5.97 Å². The van der Waals surface area contributed by atoms with E-state index in [1.807, 2.05) is 20.9 Å². The van der Waals surface area contributed by atoms with Crippen LogP contribution in [-0.2, 0) is 9.53 Å². The quantitative estimate of drug-likeness (QED) is 0.729. The fourth-order valence-corrected chi connectivity index (χ4v) is 3.13. The fraction of sp³-hybridized carbons (Fsp3) is 0.938. The minimum Gasteiger partial charge on any atom is -0.465 e. The Morgan fingerprint density at radius 3 is 2.20 bits per heavy atom. The topological polar surface area (TPSA) is 41.6 Å². The van der Waals surface area contributed by atoms with Crippen molar-refractivity contribution < 1.29 is 9.53 Å². The predicted octanol–water partition coefficient (Wildman–Crippen LogP) is 2.43. The molecule has 1 aliphatic rings. The molecule has 0 amide bonds. The van der Waals surface area contributed by atoms with E-state index in [9.17, 15) is 4.79 Å². The Morgan fingerprint density at radius 2 is 1.80 bits per heavy atom. The van der Waals surface area contributed by atoms with Gasteiger partial charge in [-0.15, -0.1) is 0 Å². The summed E-state index contributed by atoms with van der Waals surface area (Å²) in [5.74, 6) is -0.148. The number of hydrogen-bond donors (Lipinski definition) is 1. The molecule has 1 fully saturated rings. The molecule has 20 heavy (non-hydrogen) atoms. The van der Waals surface area contributed by atoms with Crippen LogP contribution in [0.4, 0.5) is 0 Å². The first-order valence-electron chi connectivity index (χ1n) is 8.03. The summed E-state index contributed by atoms with van der Waals surface area (Å²) < 4.78 is 5.19. The number of piperidine rings is 1. The van der Waals surface area contributed by atoms with Crippen LogP contribution < -0.4 is 5.32 Å². The molecular weight excluding hydrogens is 252 g/mol. The zero-order valence-electron chi connectivity index (χ0n) is 13.9. The number of nitrogens with one attached hydrogen (secondary N) is 1. The average molecular weight is 284 g/mol. The van der Waals surface area contributed by atoms with Crippen LogP contribution in [0.5, 0.6) is 0 Å². The molecule has 1 atom stereocenters. The van der Waals surface area contributed by atoms with Crippen molar-refractivity contribution in [3.63, 3.8) is 0 Å². The standard InChI is InChI=1S/C16H32N2O2/c1-6-16(7-2)9-11-18(12-10-16)13-15(4,17-5)14(19)20-8-3/h17H,6-13H2,1-5H3. The van der Waals surface area contributed by atoms with Gasteiger partial charge in [0.2, 0.25) is 0 Å². The molecule has 1 unspecified atom stereocenters. The summed E-state index contributed by atoms with van der Waals surface area (Å²) in [7, 11) is 1.84. The highest BCUT2D eigenvalue weighted by Gasteiger charge is 2.38. The smallest absolute Gasteiger partial charge is 0.327 e. The maximum Gasteiger partial charge on any atom is 0.327 e. The van der Waals surface area contributed by atoms with E-state index in [4.69, 9.17) is 4.74 Å². The largest absolute Gasteiger partial charge is 0.465 e. The lowest BCUT2D eigenvalue weighted by atomic mass is 9.74. The molecule has 0 bridgehead atoms. The molecule has 118 valence electrons. The van der Waals surface area contributed by atoms with E-state index in [-0.39, 0.29) is 5.97 Å². The molecule has 4 nitrogen and oxygen atoms in total. The summed E-state index contributed by atoms with van der Waals surface area (Å²) in [6, 6.07) is 0. The number of ether oxygens (including phenoxy) is 1. The first kappa shape index (κ1) is 17.4. The molecule has 1 rings (SSSR count). The summed E-state index contributed by atoms with van der Waals surface area (Å²) in [5.41, 5.74) is -0.0785. The van der Waals surface area contributed by atoms with E-state index in [1.54, 1.807) is 0 Å². The third-order valence-electron chi connectivity index (χ3n) is 5.23. The minimum absolute atomic E-state index is 0.148. The van der Waals surface area contributed by atoms with Gasteiger partial charge in [0.05, 0.1) is 6.61 Å². The maximum absolute atomic E-state index is 12.1. The van der Waals surface area contributed by atoms with Gasteiger partial charge in [-0.05, 0) is 52.2 Å². The van der Waals surface area contributed by atoms with Gasteiger partial charge in [0.25, 0.3) is 0 Å². The van der Waals surface area contributed by atoms with Crippen molar-refractivity contribution in [1.29, 1.82) is 0 Å². The summed E-state index contributed by atoms with van der Waals surface area (Å²) >= 11 is 0. The minimum atomic E-state index is -0.603. The number of esters is 1. The second kappa shape index (κ2) is 7.41. The van der Waals surface area contributed by atoms with Crippen LogP contribution in [0.25, 0.3) is 0 Å². The molecular formula is C16H32N2O2. The van der Waals surface area contributed by atoms with E-state index in [0.29, 0.717) is 12.0 Å². The van der Waals surface area contributed by atoms with E-state index < -0.39 is 5.54 Å². The van der Waals surface area contributed by atoms with Crippen molar-refractivity contribution in [2.45, 2.75) is 58.9 Å². The van der Waals surface area contributed by atoms with Gasteiger partial charge in [-0.2, -0.15) is 0 Å². The number of likely N-dealkylation sites (tertiary alicyclic amines) is 1. The molecule has 0 aromatic carbocycles. The maximum atomic E-state index is 12.1. The molecule has 0 aromatic heterocycles. The zero-order chi connectivity index (χ0) is 15.2. The molecule has 0 aliphatic carbocycles. The summed E-state index contributed by atoms with van der Waals surface area (Å²) in [4.78, 5) is 14.5. The van der Waals surface area contributed by atoms with Crippen molar-refractivity contribution in [1.82, 2.24) is 10.2 Å². The average Bonchev–Trinajstić information content (AvgIpc) is 2.48. The molecule has 1 heterocycles. The van der Waals surface area contributed by atoms with Crippen LogP contribution in [0.1, 0.15) is 53.4 Å². The molecule has 0 saturated carbocycles. The Kier molecular flexibility index (Phi) is 6.46. The van der Waals surface area contributed by atoms with Crippen molar-refractivity contribution in [3.8, 4) is 0 Å². The van der Waals surface area contributed by atoms with Crippen LogP contribution >= 0.6 is 0 Å². The van der Waals surface area contributed by atoms with Gasteiger partial charge in [-0.1, -0.05) is 26.7 Å².